The van der Waals surface area contributed by atoms with Gasteiger partial charge in [0.05, 0.1) is 44.8 Å². The van der Waals surface area contributed by atoms with Crippen LogP contribution in [0.15, 0.2) is 231 Å². The minimum Gasteiger partial charge on any atom is -0.294 e. The van der Waals surface area contributed by atoms with E-state index in [-0.39, 0.29) is 0 Å². The molecule has 8 nitrogen and oxygen atoms in total. The van der Waals surface area contributed by atoms with E-state index in [9.17, 15) is 0 Å². The van der Waals surface area contributed by atoms with E-state index in [4.69, 9.17) is 29.9 Å². The maximum atomic E-state index is 5.37. The maximum Gasteiger partial charge on any atom is 0.179 e. The Bertz CT molecular complexity index is 3640. The average molecular weight is 871 g/mol. The SMILES string of the molecule is c1ccc(-c2cc(-c3ccccc3)nc(-c3cccc(-n4c5ccccc5c5cc6c7ccccc7n(-c7cccc(-c8nc(-c9ccccc9)cc(-c9ccccc9)n8)n7)c6cc54)n3)n2)cc1. The van der Waals surface area contributed by atoms with E-state index in [1.807, 2.05) is 97.1 Å². The van der Waals surface area contributed by atoms with Crippen LogP contribution in [-0.2, 0) is 0 Å². The lowest BCUT2D eigenvalue weighted by Crippen LogP contribution is -2.02. The van der Waals surface area contributed by atoms with Crippen molar-refractivity contribution in [3.8, 4) is 79.7 Å². The van der Waals surface area contributed by atoms with Crippen LogP contribution in [0.25, 0.3) is 123 Å². The first-order valence-electron chi connectivity index (χ1n) is 22.6. The highest BCUT2D eigenvalue weighted by Crippen LogP contribution is 2.40. The van der Waals surface area contributed by atoms with Gasteiger partial charge in [-0.3, -0.25) is 9.13 Å². The molecule has 8 heteroatoms. The Labute approximate surface area is 391 Å². The lowest BCUT2D eigenvalue weighted by Gasteiger charge is -2.12. The van der Waals surface area contributed by atoms with Gasteiger partial charge in [0.15, 0.2) is 11.6 Å². The highest BCUT2D eigenvalue weighted by molar-refractivity contribution is 6.19. The summed E-state index contributed by atoms with van der Waals surface area (Å²) in [7, 11) is 0. The van der Waals surface area contributed by atoms with E-state index >= 15 is 0 Å². The molecule has 0 saturated heterocycles. The molecule has 0 radical (unpaired) electrons. The van der Waals surface area contributed by atoms with Crippen LogP contribution in [0, 0.1) is 0 Å². The Kier molecular flexibility index (Phi) is 9.31. The Morgan fingerprint density at radius 1 is 0.221 bits per heavy atom. The smallest absolute Gasteiger partial charge is 0.179 e. The van der Waals surface area contributed by atoms with Gasteiger partial charge in [0.25, 0.3) is 0 Å². The standard InChI is InChI=1S/C60H38N8/c1-5-19-39(20-6-1)49-36-50(40-21-7-2-8-22-40)64-59(63-49)47-29-17-33-57(61-47)67-53-31-15-13-27-43(53)45-35-46-44-28-14-16-32-54(44)68(56(46)38-55(45)67)58-34-18-30-48(62-58)60-65-51(41-23-9-3-10-24-41)37-52(66-60)42-25-11-4-12-26-42/h1-38H. The van der Waals surface area contributed by atoms with E-state index in [1.54, 1.807) is 0 Å². The summed E-state index contributed by atoms with van der Waals surface area (Å²) < 4.78 is 4.51. The third-order valence-electron chi connectivity index (χ3n) is 12.6. The molecule has 0 unspecified atom stereocenters. The predicted octanol–water partition coefficient (Wildman–Crippen LogP) is 14.3. The molecular formula is C60H38N8. The Morgan fingerprint density at radius 2 is 0.559 bits per heavy atom. The molecule has 13 aromatic rings. The number of benzene rings is 7. The second-order valence-corrected chi connectivity index (χ2v) is 16.7. The molecule has 6 heterocycles. The zero-order valence-corrected chi connectivity index (χ0v) is 36.5. The third kappa shape index (κ3) is 6.78. The highest BCUT2D eigenvalue weighted by atomic mass is 15.1. The summed E-state index contributed by atoms with van der Waals surface area (Å²) in [5.74, 6) is 2.62. The van der Waals surface area contributed by atoms with E-state index in [1.165, 1.54) is 0 Å². The summed E-state index contributed by atoms with van der Waals surface area (Å²) in [4.78, 5) is 31.2. The summed E-state index contributed by atoms with van der Waals surface area (Å²) in [6.07, 6.45) is 0. The van der Waals surface area contributed by atoms with Gasteiger partial charge in [0.1, 0.15) is 23.0 Å². The summed E-state index contributed by atoms with van der Waals surface area (Å²) in [5.41, 5.74) is 12.8. The Morgan fingerprint density at radius 3 is 0.926 bits per heavy atom. The second kappa shape index (κ2) is 16.2. The van der Waals surface area contributed by atoms with Gasteiger partial charge in [0, 0.05) is 43.8 Å². The first-order chi connectivity index (χ1) is 33.7. The molecule has 0 amide bonds. The molecule has 7 aromatic carbocycles. The minimum absolute atomic E-state index is 0.551. The molecule has 0 atom stereocenters. The second-order valence-electron chi connectivity index (χ2n) is 16.7. The van der Waals surface area contributed by atoms with Crippen LogP contribution in [0.2, 0.25) is 0 Å². The fourth-order valence-electron chi connectivity index (χ4n) is 9.42. The fraction of sp³-hybridized carbons (Fsp3) is 0. The molecule has 318 valence electrons. The van der Waals surface area contributed by atoms with E-state index < -0.39 is 0 Å². The van der Waals surface area contributed by atoms with Gasteiger partial charge in [-0.2, -0.15) is 0 Å². The number of pyridine rings is 2. The number of hydrogen-bond donors (Lipinski definition) is 0. The van der Waals surface area contributed by atoms with Crippen LogP contribution in [0.5, 0.6) is 0 Å². The summed E-state index contributed by atoms with van der Waals surface area (Å²) in [6.45, 7) is 0. The van der Waals surface area contributed by atoms with Gasteiger partial charge in [0.2, 0.25) is 0 Å². The number of nitrogens with zero attached hydrogens (tertiary/aromatic N) is 8. The topological polar surface area (TPSA) is 87.2 Å². The van der Waals surface area contributed by atoms with Crippen molar-refractivity contribution in [2.45, 2.75) is 0 Å². The Balaban J connectivity index is 0.996. The Hall–Kier alpha value is -9.40. The summed E-state index contributed by atoms with van der Waals surface area (Å²) in [6, 6.07) is 79.0. The molecule has 0 saturated carbocycles. The van der Waals surface area contributed by atoms with Crippen molar-refractivity contribution in [2.75, 3.05) is 0 Å². The van der Waals surface area contributed by atoms with Crippen molar-refractivity contribution in [1.29, 1.82) is 0 Å². The van der Waals surface area contributed by atoms with Crippen molar-refractivity contribution in [3.05, 3.63) is 231 Å². The van der Waals surface area contributed by atoms with E-state index in [2.05, 4.69) is 143 Å². The predicted molar refractivity (Wildman–Crippen MR) is 275 cm³/mol. The summed E-state index contributed by atoms with van der Waals surface area (Å²) >= 11 is 0. The monoisotopic (exact) mass is 870 g/mol. The number of fused-ring (bicyclic) bond motifs is 6. The van der Waals surface area contributed by atoms with E-state index in [0.717, 1.165) is 100 Å². The first kappa shape index (κ1) is 39.0. The molecule has 0 aliphatic rings. The van der Waals surface area contributed by atoms with Gasteiger partial charge >= 0.3 is 0 Å². The zero-order valence-electron chi connectivity index (χ0n) is 36.5. The van der Waals surface area contributed by atoms with Crippen LogP contribution >= 0.6 is 0 Å². The van der Waals surface area contributed by atoms with Crippen molar-refractivity contribution in [2.24, 2.45) is 0 Å². The molecule has 0 N–H and O–H groups in total. The average Bonchev–Trinajstić information content (AvgIpc) is 3.93. The zero-order chi connectivity index (χ0) is 45.0. The summed E-state index contributed by atoms with van der Waals surface area (Å²) in [5, 5.41) is 4.51. The number of aromatic nitrogens is 8. The van der Waals surface area contributed by atoms with Crippen LogP contribution in [-0.4, -0.2) is 39.0 Å². The lowest BCUT2D eigenvalue weighted by atomic mass is 10.1. The largest absolute Gasteiger partial charge is 0.294 e. The maximum absolute atomic E-state index is 5.37. The van der Waals surface area contributed by atoms with Crippen LogP contribution in [0.1, 0.15) is 0 Å². The first-order valence-corrected chi connectivity index (χ1v) is 22.6. The van der Waals surface area contributed by atoms with Gasteiger partial charge in [-0.25, -0.2) is 29.9 Å². The lowest BCUT2D eigenvalue weighted by molar-refractivity contribution is 1.05. The number of rotatable bonds is 8. The van der Waals surface area contributed by atoms with Crippen molar-refractivity contribution < 1.29 is 0 Å². The molecule has 68 heavy (non-hydrogen) atoms. The molecule has 0 aliphatic heterocycles. The van der Waals surface area contributed by atoms with Crippen LogP contribution in [0.3, 0.4) is 0 Å². The normalized spacial score (nSPS) is 11.5. The van der Waals surface area contributed by atoms with Gasteiger partial charge in [-0.05, 0) is 60.7 Å². The van der Waals surface area contributed by atoms with Gasteiger partial charge < -0.3 is 0 Å². The van der Waals surface area contributed by atoms with Crippen LogP contribution < -0.4 is 0 Å². The van der Waals surface area contributed by atoms with Crippen LogP contribution in [0.4, 0.5) is 0 Å². The number of hydrogen-bond acceptors (Lipinski definition) is 6. The molecule has 0 bridgehead atoms. The minimum atomic E-state index is 0.551. The van der Waals surface area contributed by atoms with E-state index in [0.29, 0.717) is 23.0 Å². The van der Waals surface area contributed by atoms with Gasteiger partial charge in [-0.15, -0.1) is 0 Å². The quantitative estimate of drug-likeness (QED) is 0.151. The van der Waals surface area contributed by atoms with Gasteiger partial charge in [-0.1, -0.05) is 170 Å². The molecule has 13 rings (SSSR count). The highest BCUT2D eigenvalue weighted by Gasteiger charge is 2.21. The fourth-order valence-corrected chi connectivity index (χ4v) is 9.42. The third-order valence-corrected chi connectivity index (χ3v) is 12.6. The number of para-hydroxylation sites is 2. The van der Waals surface area contributed by atoms with Crippen molar-refractivity contribution >= 4 is 43.6 Å². The molecule has 0 aliphatic carbocycles. The molecule has 6 aromatic heterocycles. The molecule has 0 fully saturated rings. The molecular weight excluding hydrogens is 833 g/mol. The van der Waals surface area contributed by atoms with Crippen molar-refractivity contribution in [1.82, 2.24) is 39.0 Å². The molecule has 0 spiro atoms. The van der Waals surface area contributed by atoms with Crippen molar-refractivity contribution in [3.63, 3.8) is 0 Å².